The number of ether oxygens (including phenoxy) is 4. The average Bonchev–Trinajstić information content (AvgIpc) is 3.15. The van der Waals surface area contributed by atoms with Gasteiger partial charge in [-0.15, -0.1) is 0 Å². The molecule has 0 saturated carbocycles. The number of carbonyl (C=O) groups is 2. The van der Waals surface area contributed by atoms with Gasteiger partial charge in [0.2, 0.25) is 0 Å². The van der Waals surface area contributed by atoms with Crippen LogP contribution < -0.4 is 9.47 Å². The lowest BCUT2D eigenvalue weighted by Crippen LogP contribution is -2.12. The van der Waals surface area contributed by atoms with Crippen LogP contribution in [0.25, 0.3) is 11.1 Å². The van der Waals surface area contributed by atoms with Crippen LogP contribution in [-0.4, -0.2) is 38.4 Å². The summed E-state index contributed by atoms with van der Waals surface area (Å²) in [5.74, 6) is 10.7. The van der Waals surface area contributed by atoms with Gasteiger partial charge in [-0.05, 0) is 83.9 Å². The quantitative estimate of drug-likeness (QED) is 0.0447. The molecule has 0 N–H and O–H groups in total. The van der Waals surface area contributed by atoms with Crippen LogP contribution in [0.15, 0.2) is 110 Å². The number of hydrogen-bond donors (Lipinski definition) is 0. The summed E-state index contributed by atoms with van der Waals surface area (Å²) in [5, 5.41) is 0. The lowest BCUT2D eigenvalue weighted by molar-refractivity contribution is -0.139. The molecular formula is C42H32F6O6. The summed E-state index contributed by atoms with van der Waals surface area (Å²) in [5.41, 5.74) is -3.06. The molecule has 12 heteroatoms. The van der Waals surface area contributed by atoms with Gasteiger partial charge in [0.15, 0.2) is 0 Å². The predicted octanol–water partition coefficient (Wildman–Crippen LogP) is 9.19. The maximum atomic E-state index is 14.3. The van der Waals surface area contributed by atoms with Crippen LogP contribution in [0.3, 0.4) is 0 Å². The van der Waals surface area contributed by atoms with Crippen LogP contribution >= 0.6 is 0 Å². The highest BCUT2D eigenvalue weighted by Crippen LogP contribution is 2.43. The Labute approximate surface area is 308 Å². The Morgan fingerprint density at radius 1 is 0.519 bits per heavy atom. The van der Waals surface area contributed by atoms with Crippen LogP contribution in [0.2, 0.25) is 0 Å². The van der Waals surface area contributed by atoms with E-state index in [-0.39, 0.29) is 37.6 Å². The predicted molar refractivity (Wildman–Crippen MR) is 189 cm³/mol. The minimum absolute atomic E-state index is 0.0537. The monoisotopic (exact) mass is 746 g/mol. The van der Waals surface area contributed by atoms with Crippen molar-refractivity contribution in [3.63, 3.8) is 0 Å². The number of hydrogen-bond acceptors (Lipinski definition) is 6. The molecule has 0 aliphatic carbocycles. The third kappa shape index (κ3) is 12.4. The van der Waals surface area contributed by atoms with Gasteiger partial charge in [-0.2, -0.15) is 26.3 Å². The van der Waals surface area contributed by atoms with E-state index < -0.39 is 46.5 Å². The van der Waals surface area contributed by atoms with Crippen molar-refractivity contribution >= 4 is 11.9 Å². The van der Waals surface area contributed by atoms with Crippen molar-refractivity contribution in [2.75, 3.05) is 26.4 Å². The molecule has 0 bridgehead atoms. The number of carbonyl (C=O) groups excluding carboxylic acids is 2. The normalized spacial score (nSPS) is 10.9. The molecule has 0 radical (unpaired) electrons. The molecule has 4 aromatic rings. The second kappa shape index (κ2) is 18.9. The van der Waals surface area contributed by atoms with Crippen molar-refractivity contribution in [3.8, 4) is 46.3 Å². The molecule has 0 spiro atoms. The Balaban J connectivity index is 1.49. The van der Waals surface area contributed by atoms with Crippen LogP contribution in [0.4, 0.5) is 26.3 Å². The van der Waals surface area contributed by atoms with E-state index in [9.17, 15) is 35.9 Å². The summed E-state index contributed by atoms with van der Waals surface area (Å²) >= 11 is 0. The molecule has 4 aromatic carbocycles. The minimum Gasteiger partial charge on any atom is -0.493 e. The van der Waals surface area contributed by atoms with E-state index >= 15 is 0 Å². The average molecular weight is 747 g/mol. The maximum Gasteiger partial charge on any atom is 0.417 e. The zero-order chi connectivity index (χ0) is 39.1. The Bertz CT molecular complexity index is 1930. The maximum absolute atomic E-state index is 14.3. The molecule has 0 fully saturated rings. The van der Waals surface area contributed by atoms with E-state index in [2.05, 4.69) is 36.8 Å². The first kappa shape index (κ1) is 40.4. The standard InChI is InChI=1S/C42H32F6O6/c1-3-39(49)53-25-5-23-51-33-17-11-29(12-18-33)7-9-31-15-21-35(37(27-31)41(43,44)45)36-22-16-32(28-38(36)42(46,47)48)10-8-30-13-19-34(20-14-30)52-24-6-26-54-40(50)4-2/h3-4,11-22,27-28H,1-2,5-6,23-26H2. The molecule has 0 heterocycles. The van der Waals surface area contributed by atoms with E-state index in [0.29, 0.717) is 35.5 Å². The molecule has 278 valence electrons. The number of benzene rings is 4. The molecule has 0 aromatic heterocycles. The van der Waals surface area contributed by atoms with Gasteiger partial charge < -0.3 is 18.9 Å². The Kier molecular flexibility index (Phi) is 14.1. The van der Waals surface area contributed by atoms with Gasteiger partial charge in [-0.1, -0.05) is 49.0 Å². The van der Waals surface area contributed by atoms with Crippen LogP contribution in [0.5, 0.6) is 11.5 Å². The molecular weight excluding hydrogens is 714 g/mol. The number of alkyl halides is 6. The van der Waals surface area contributed by atoms with Crippen molar-refractivity contribution in [2.24, 2.45) is 0 Å². The second-order valence-electron chi connectivity index (χ2n) is 11.2. The lowest BCUT2D eigenvalue weighted by Gasteiger charge is -2.18. The fourth-order valence-electron chi connectivity index (χ4n) is 4.70. The van der Waals surface area contributed by atoms with Crippen LogP contribution in [0.1, 0.15) is 46.2 Å². The van der Waals surface area contributed by atoms with Crippen molar-refractivity contribution in [3.05, 3.63) is 144 Å². The topological polar surface area (TPSA) is 71.1 Å². The van der Waals surface area contributed by atoms with Gasteiger partial charge in [0.05, 0.1) is 37.6 Å². The molecule has 0 saturated heterocycles. The SMILES string of the molecule is C=CC(=O)OCCCOc1ccc(C#Cc2ccc(-c3ccc(C#Cc4ccc(OCCCOC(=O)C=C)cc4)cc3C(F)(F)F)c(C(F)(F)F)c2)cc1. The van der Waals surface area contributed by atoms with Gasteiger partial charge in [0, 0.05) is 47.2 Å². The second-order valence-corrected chi connectivity index (χ2v) is 11.2. The van der Waals surface area contributed by atoms with Gasteiger partial charge in [0.25, 0.3) is 0 Å². The van der Waals surface area contributed by atoms with Crippen molar-refractivity contribution < 1.29 is 54.9 Å². The summed E-state index contributed by atoms with van der Waals surface area (Å²) in [6.07, 6.45) is -7.00. The molecule has 0 aliphatic heterocycles. The molecule has 0 aliphatic rings. The van der Waals surface area contributed by atoms with Crippen molar-refractivity contribution in [2.45, 2.75) is 25.2 Å². The van der Waals surface area contributed by atoms with E-state index in [1.165, 1.54) is 12.1 Å². The van der Waals surface area contributed by atoms with Gasteiger partial charge in [0.1, 0.15) is 11.5 Å². The van der Waals surface area contributed by atoms with E-state index in [1.807, 2.05) is 0 Å². The smallest absolute Gasteiger partial charge is 0.417 e. The van der Waals surface area contributed by atoms with Crippen LogP contribution in [0, 0.1) is 23.7 Å². The largest absolute Gasteiger partial charge is 0.493 e. The molecule has 0 amide bonds. The summed E-state index contributed by atoms with van der Waals surface area (Å²) in [4.78, 5) is 22.1. The summed E-state index contributed by atoms with van der Waals surface area (Å²) in [6.45, 7) is 7.44. The molecule has 54 heavy (non-hydrogen) atoms. The fourth-order valence-corrected chi connectivity index (χ4v) is 4.70. The Hall–Kier alpha value is -6.40. The van der Waals surface area contributed by atoms with Gasteiger partial charge in [-0.25, -0.2) is 9.59 Å². The zero-order valence-electron chi connectivity index (χ0n) is 28.6. The molecule has 4 rings (SSSR count). The highest BCUT2D eigenvalue weighted by Gasteiger charge is 2.38. The highest BCUT2D eigenvalue weighted by atomic mass is 19.4. The number of halogens is 6. The van der Waals surface area contributed by atoms with E-state index in [0.717, 1.165) is 36.4 Å². The van der Waals surface area contributed by atoms with Crippen LogP contribution in [-0.2, 0) is 31.4 Å². The van der Waals surface area contributed by atoms with E-state index in [4.69, 9.17) is 18.9 Å². The first-order valence-electron chi connectivity index (χ1n) is 16.3. The Morgan fingerprint density at radius 2 is 0.852 bits per heavy atom. The first-order chi connectivity index (χ1) is 25.8. The first-order valence-corrected chi connectivity index (χ1v) is 16.3. The minimum atomic E-state index is -4.99. The van der Waals surface area contributed by atoms with Gasteiger partial charge >= 0.3 is 24.3 Å². The highest BCUT2D eigenvalue weighted by molar-refractivity contribution is 5.81. The molecule has 0 unspecified atom stereocenters. The lowest BCUT2D eigenvalue weighted by atomic mass is 9.92. The third-order valence-electron chi connectivity index (χ3n) is 7.29. The van der Waals surface area contributed by atoms with Gasteiger partial charge in [-0.3, -0.25) is 0 Å². The summed E-state index contributed by atoms with van der Waals surface area (Å²) < 4.78 is 107. The van der Waals surface area contributed by atoms with E-state index in [1.54, 1.807) is 48.5 Å². The summed E-state index contributed by atoms with van der Waals surface area (Å²) in [6, 6.07) is 18.7. The van der Waals surface area contributed by atoms with Crippen molar-refractivity contribution in [1.29, 1.82) is 0 Å². The Morgan fingerprint density at radius 3 is 1.19 bits per heavy atom. The molecule has 6 nitrogen and oxygen atoms in total. The zero-order valence-corrected chi connectivity index (χ0v) is 28.6. The number of rotatable bonds is 13. The molecule has 0 atom stereocenters. The summed E-state index contributed by atoms with van der Waals surface area (Å²) in [7, 11) is 0. The number of esters is 2. The fraction of sp³-hybridized carbons (Fsp3) is 0.190. The van der Waals surface area contributed by atoms with Crippen molar-refractivity contribution in [1.82, 2.24) is 0 Å². The third-order valence-corrected chi connectivity index (χ3v) is 7.29.